The van der Waals surface area contributed by atoms with Crippen LogP contribution in [0.2, 0.25) is 0 Å². The minimum atomic E-state index is -0.509. The first-order valence-electron chi connectivity index (χ1n) is 8.10. The van der Waals surface area contributed by atoms with Gasteiger partial charge in [-0.1, -0.05) is 31.9 Å². The van der Waals surface area contributed by atoms with E-state index in [1.807, 2.05) is 25.1 Å². The number of nitrogens with zero attached hydrogens (tertiary/aromatic N) is 1. The van der Waals surface area contributed by atoms with Crippen LogP contribution >= 0.6 is 0 Å². The smallest absolute Gasteiger partial charge is 0.124 e. The van der Waals surface area contributed by atoms with E-state index in [2.05, 4.69) is 25.7 Å². The van der Waals surface area contributed by atoms with Crippen molar-refractivity contribution in [2.75, 3.05) is 20.2 Å². The van der Waals surface area contributed by atoms with Gasteiger partial charge >= 0.3 is 0 Å². The summed E-state index contributed by atoms with van der Waals surface area (Å²) in [6.45, 7) is 10.4. The van der Waals surface area contributed by atoms with Crippen molar-refractivity contribution in [3.05, 3.63) is 29.3 Å². The maximum atomic E-state index is 10.6. The molecule has 0 spiro atoms. The zero-order valence-corrected chi connectivity index (χ0v) is 14.2. The van der Waals surface area contributed by atoms with Gasteiger partial charge in [0.05, 0.1) is 13.2 Å². The summed E-state index contributed by atoms with van der Waals surface area (Å²) in [4.78, 5) is 2.38. The van der Waals surface area contributed by atoms with Gasteiger partial charge in [0.25, 0.3) is 0 Å². The second kappa shape index (κ2) is 9.06. The van der Waals surface area contributed by atoms with E-state index in [0.29, 0.717) is 12.6 Å². The molecular formula is C18H31NO2. The Labute approximate surface area is 129 Å². The second-order valence-electron chi connectivity index (χ2n) is 5.87. The topological polar surface area (TPSA) is 32.7 Å². The molecule has 2 atom stereocenters. The summed E-state index contributed by atoms with van der Waals surface area (Å²) in [5, 5.41) is 10.6. The van der Waals surface area contributed by atoms with E-state index in [-0.39, 0.29) is 0 Å². The molecule has 21 heavy (non-hydrogen) atoms. The lowest BCUT2D eigenvalue weighted by Crippen LogP contribution is -2.37. The van der Waals surface area contributed by atoms with Crippen LogP contribution in [-0.4, -0.2) is 36.2 Å². The van der Waals surface area contributed by atoms with E-state index in [1.54, 1.807) is 7.11 Å². The molecule has 2 unspecified atom stereocenters. The van der Waals surface area contributed by atoms with Crippen molar-refractivity contribution >= 4 is 0 Å². The summed E-state index contributed by atoms with van der Waals surface area (Å²) in [5.74, 6) is 0.771. The summed E-state index contributed by atoms with van der Waals surface area (Å²) >= 11 is 0. The molecule has 3 nitrogen and oxygen atoms in total. The molecule has 0 radical (unpaired) electrons. The SMILES string of the molecule is CCCCN(CC(O)c1cc(C)ccc1OC)C(C)CC. The molecule has 1 aromatic rings. The molecule has 0 heterocycles. The average molecular weight is 293 g/mol. The van der Waals surface area contributed by atoms with Crippen LogP contribution in [0.5, 0.6) is 5.75 Å². The first-order chi connectivity index (χ1) is 10.0. The molecule has 120 valence electrons. The van der Waals surface area contributed by atoms with Crippen molar-refractivity contribution in [3.63, 3.8) is 0 Å². The molecule has 1 rings (SSSR count). The average Bonchev–Trinajstić information content (AvgIpc) is 2.50. The largest absolute Gasteiger partial charge is 0.496 e. The van der Waals surface area contributed by atoms with Gasteiger partial charge in [0.1, 0.15) is 5.75 Å². The molecule has 0 aliphatic heterocycles. The standard InChI is InChI=1S/C18H31NO2/c1-6-8-11-19(15(4)7-2)13-17(20)16-12-14(3)9-10-18(16)21-5/h9-10,12,15,17,20H,6-8,11,13H2,1-5H3. The van der Waals surface area contributed by atoms with E-state index in [4.69, 9.17) is 4.74 Å². The highest BCUT2D eigenvalue weighted by atomic mass is 16.5. The maximum absolute atomic E-state index is 10.6. The highest BCUT2D eigenvalue weighted by molar-refractivity contribution is 5.38. The van der Waals surface area contributed by atoms with Crippen molar-refractivity contribution in [1.82, 2.24) is 4.90 Å². The molecule has 0 saturated heterocycles. The lowest BCUT2D eigenvalue weighted by atomic mass is 10.0. The molecule has 0 aliphatic carbocycles. The molecule has 0 aromatic heterocycles. The fraction of sp³-hybridized carbons (Fsp3) is 0.667. The Bertz CT molecular complexity index is 420. The fourth-order valence-electron chi connectivity index (χ4n) is 2.55. The monoisotopic (exact) mass is 293 g/mol. The predicted molar refractivity (Wildman–Crippen MR) is 88.9 cm³/mol. The van der Waals surface area contributed by atoms with Crippen LogP contribution in [0.15, 0.2) is 18.2 Å². The predicted octanol–water partition coefficient (Wildman–Crippen LogP) is 3.94. The number of aliphatic hydroxyl groups is 1. The minimum Gasteiger partial charge on any atom is -0.496 e. The molecule has 0 bridgehead atoms. The van der Waals surface area contributed by atoms with Crippen LogP contribution in [-0.2, 0) is 0 Å². The van der Waals surface area contributed by atoms with Crippen molar-refractivity contribution in [3.8, 4) is 5.75 Å². The number of ether oxygens (including phenoxy) is 1. The zero-order valence-electron chi connectivity index (χ0n) is 14.2. The fourth-order valence-corrected chi connectivity index (χ4v) is 2.55. The van der Waals surface area contributed by atoms with Gasteiger partial charge in [-0.25, -0.2) is 0 Å². The maximum Gasteiger partial charge on any atom is 0.124 e. The van der Waals surface area contributed by atoms with E-state index in [9.17, 15) is 5.11 Å². The number of aryl methyl sites for hydroxylation is 1. The molecular weight excluding hydrogens is 262 g/mol. The highest BCUT2D eigenvalue weighted by Gasteiger charge is 2.20. The third-order valence-electron chi connectivity index (χ3n) is 4.16. The van der Waals surface area contributed by atoms with Gasteiger partial charge in [-0.15, -0.1) is 0 Å². The number of aliphatic hydroxyl groups excluding tert-OH is 1. The van der Waals surface area contributed by atoms with Gasteiger partial charge in [0.2, 0.25) is 0 Å². The van der Waals surface area contributed by atoms with Crippen molar-refractivity contribution in [2.45, 2.75) is 59.1 Å². The van der Waals surface area contributed by atoms with Crippen molar-refractivity contribution < 1.29 is 9.84 Å². The summed E-state index contributed by atoms with van der Waals surface area (Å²) in [6, 6.07) is 6.46. The van der Waals surface area contributed by atoms with E-state index in [1.165, 1.54) is 12.8 Å². The zero-order chi connectivity index (χ0) is 15.8. The Morgan fingerprint density at radius 1 is 1.29 bits per heavy atom. The van der Waals surface area contributed by atoms with Gasteiger partial charge in [-0.3, -0.25) is 4.90 Å². The van der Waals surface area contributed by atoms with Crippen LogP contribution in [0.1, 0.15) is 57.3 Å². The number of methoxy groups -OCH3 is 1. The highest BCUT2D eigenvalue weighted by Crippen LogP contribution is 2.27. The molecule has 0 saturated carbocycles. The lowest BCUT2D eigenvalue weighted by Gasteiger charge is -2.31. The van der Waals surface area contributed by atoms with E-state index < -0.39 is 6.10 Å². The molecule has 0 aliphatic rings. The Kier molecular flexibility index (Phi) is 7.76. The minimum absolute atomic E-state index is 0.488. The Morgan fingerprint density at radius 2 is 2.00 bits per heavy atom. The van der Waals surface area contributed by atoms with Crippen LogP contribution in [0, 0.1) is 6.92 Å². The molecule has 0 amide bonds. The normalized spacial score (nSPS) is 14.2. The summed E-state index contributed by atoms with van der Waals surface area (Å²) in [7, 11) is 1.66. The third kappa shape index (κ3) is 5.33. The van der Waals surface area contributed by atoms with Gasteiger partial charge < -0.3 is 9.84 Å². The Hall–Kier alpha value is -1.06. The molecule has 1 N–H and O–H groups in total. The first-order valence-corrected chi connectivity index (χ1v) is 8.10. The Balaban J connectivity index is 2.85. The van der Waals surface area contributed by atoms with Crippen LogP contribution in [0.3, 0.4) is 0 Å². The van der Waals surface area contributed by atoms with E-state index in [0.717, 1.165) is 29.8 Å². The third-order valence-corrected chi connectivity index (χ3v) is 4.16. The quantitative estimate of drug-likeness (QED) is 0.748. The molecule has 1 aromatic carbocycles. The van der Waals surface area contributed by atoms with Gasteiger partial charge in [0, 0.05) is 18.2 Å². The Morgan fingerprint density at radius 3 is 2.57 bits per heavy atom. The van der Waals surface area contributed by atoms with Gasteiger partial charge in [-0.05, 0) is 45.4 Å². The number of benzene rings is 1. The van der Waals surface area contributed by atoms with Gasteiger partial charge in [-0.2, -0.15) is 0 Å². The van der Waals surface area contributed by atoms with Crippen molar-refractivity contribution in [1.29, 1.82) is 0 Å². The summed E-state index contributed by atoms with van der Waals surface area (Å²) < 4.78 is 5.39. The number of rotatable bonds is 9. The first kappa shape index (κ1) is 18.0. The van der Waals surface area contributed by atoms with Gasteiger partial charge in [0.15, 0.2) is 0 Å². The summed E-state index contributed by atoms with van der Waals surface area (Å²) in [6.07, 6.45) is 2.94. The lowest BCUT2D eigenvalue weighted by molar-refractivity contribution is 0.0869. The molecule has 0 fully saturated rings. The van der Waals surface area contributed by atoms with Crippen LogP contribution in [0.25, 0.3) is 0 Å². The number of hydrogen-bond donors (Lipinski definition) is 1. The number of hydrogen-bond acceptors (Lipinski definition) is 3. The number of unbranched alkanes of at least 4 members (excludes halogenated alkanes) is 1. The molecule has 3 heteroatoms. The van der Waals surface area contributed by atoms with Crippen LogP contribution in [0.4, 0.5) is 0 Å². The van der Waals surface area contributed by atoms with E-state index >= 15 is 0 Å². The van der Waals surface area contributed by atoms with Crippen molar-refractivity contribution in [2.24, 2.45) is 0 Å². The van der Waals surface area contributed by atoms with Crippen LogP contribution < -0.4 is 4.74 Å². The second-order valence-corrected chi connectivity index (χ2v) is 5.87. The summed E-state index contributed by atoms with van der Waals surface area (Å²) in [5.41, 5.74) is 2.04.